The summed E-state index contributed by atoms with van der Waals surface area (Å²) in [5.41, 5.74) is -1.13. The molecule has 0 aliphatic rings. The smallest absolute Gasteiger partial charge is 0.349 e. The van der Waals surface area contributed by atoms with E-state index in [9.17, 15) is 27.6 Å². The summed E-state index contributed by atoms with van der Waals surface area (Å²) in [6, 6.07) is 10.9. The maximum Gasteiger partial charge on any atom is 0.416 e. The van der Waals surface area contributed by atoms with E-state index in [0.29, 0.717) is 22.9 Å². The minimum Gasteiger partial charge on any atom is -0.349 e. The Balaban J connectivity index is 1.80. The maximum atomic E-state index is 13.1. The Hall–Kier alpha value is -3.36. The molecule has 170 valence electrons. The van der Waals surface area contributed by atoms with Crippen molar-refractivity contribution in [2.75, 3.05) is 0 Å². The Kier molecular flexibility index (Phi) is 6.86. The van der Waals surface area contributed by atoms with E-state index in [1.807, 2.05) is 13.8 Å². The highest BCUT2D eigenvalue weighted by Crippen LogP contribution is 2.32. The molecule has 0 aliphatic heterocycles. The predicted molar refractivity (Wildman–Crippen MR) is 115 cm³/mol. The van der Waals surface area contributed by atoms with E-state index in [2.05, 4.69) is 10.3 Å². The van der Waals surface area contributed by atoms with Crippen LogP contribution in [0.2, 0.25) is 0 Å². The number of carbonyl (C=O) groups is 1. The molecule has 0 spiro atoms. The quantitative estimate of drug-likeness (QED) is 0.574. The molecule has 0 aliphatic carbocycles. The van der Waals surface area contributed by atoms with E-state index in [4.69, 9.17) is 0 Å². The molecule has 0 fully saturated rings. The van der Waals surface area contributed by atoms with Gasteiger partial charge in [-0.1, -0.05) is 38.1 Å². The van der Waals surface area contributed by atoms with Crippen LogP contribution in [0.15, 0.2) is 58.1 Å². The van der Waals surface area contributed by atoms with Gasteiger partial charge in [-0.3, -0.25) is 19.1 Å². The first kappa shape index (κ1) is 23.3. The number of aromatic nitrogens is 2. The molecule has 1 unspecified atom stereocenters. The predicted octanol–water partition coefficient (Wildman–Crippen LogP) is 4.00. The van der Waals surface area contributed by atoms with Crippen molar-refractivity contribution in [1.29, 1.82) is 0 Å². The molecule has 2 aromatic carbocycles. The van der Waals surface area contributed by atoms with E-state index < -0.39 is 34.9 Å². The zero-order valence-corrected chi connectivity index (χ0v) is 17.7. The minimum absolute atomic E-state index is 0.0128. The molecule has 2 N–H and O–H groups in total. The van der Waals surface area contributed by atoms with Crippen LogP contribution in [0.5, 0.6) is 0 Å². The SMILES string of the molecule is CC(C)CC(NC(=O)CCn1c(=O)[nH]c(=O)c2ccccc21)c1cccc(C(F)(F)F)c1. The van der Waals surface area contributed by atoms with E-state index in [1.54, 1.807) is 30.3 Å². The van der Waals surface area contributed by atoms with E-state index in [-0.39, 0.29) is 18.9 Å². The average molecular weight is 447 g/mol. The number of H-pyrrole nitrogens is 1. The molecule has 1 atom stereocenters. The van der Waals surface area contributed by atoms with Crippen LogP contribution in [0, 0.1) is 5.92 Å². The number of alkyl halides is 3. The second kappa shape index (κ2) is 9.42. The summed E-state index contributed by atoms with van der Waals surface area (Å²) in [6.07, 6.45) is -4.10. The van der Waals surface area contributed by atoms with Gasteiger partial charge in [-0.05, 0) is 42.2 Å². The standard InChI is InChI=1S/C23H24F3N3O3/c1-14(2)12-18(15-6-5-7-16(13-15)23(24,25)26)27-20(30)10-11-29-19-9-4-3-8-17(19)21(31)28-22(29)32/h3-9,13-14,18H,10-12H2,1-2H3,(H,27,30)(H,28,31,32). The molecule has 32 heavy (non-hydrogen) atoms. The first-order chi connectivity index (χ1) is 15.1. The molecule has 0 saturated heterocycles. The van der Waals surface area contributed by atoms with E-state index >= 15 is 0 Å². The number of aryl methyl sites for hydroxylation is 1. The number of nitrogens with zero attached hydrogens (tertiary/aromatic N) is 1. The summed E-state index contributed by atoms with van der Waals surface area (Å²) in [4.78, 5) is 39.1. The van der Waals surface area contributed by atoms with Crippen molar-refractivity contribution in [1.82, 2.24) is 14.9 Å². The molecule has 1 amide bonds. The number of para-hydroxylation sites is 1. The third kappa shape index (κ3) is 5.46. The molecular weight excluding hydrogens is 423 g/mol. The van der Waals surface area contributed by atoms with Crippen molar-refractivity contribution in [3.8, 4) is 0 Å². The number of nitrogens with one attached hydrogen (secondary N) is 2. The van der Waals surface area contributed by atoms with Gasteiger partial charge in [-0.15, -0.1) is 0 Å². The normalized spacial score (nSPS) is 12.8. The largest absolute Gasteiger partial charge is 0.416 e. The maximum absolute atomic E-state index is 13.1. The van der Waals surface area contributed by atoms with Crippen LogP contribution in [0.1, 0.15) is 43.9 Å². The number of rotatable bonds is 7. The number of carbonyl (C=O) groups excluding carboxylic acids is 1. The fourth-order valence-electron chi connectivity index (χ4n) is 3.63. The van der Waals surface area contributed by atoms with Crippen LogP contribution in [0.3, 0.4) is 0 Å². The fraction of sp³-hybridized carbons (Fsp3) is 0.348. The highest BCUT2D eigenvalue weighted by molar-refractivity contribution is 5.79. The zero-order valence-electron chi connectivity index (χ0n) is 17.7. The lowest BCUT2D eigenvalue weighted by Crippen LogP contribution is -2.34. The number of hydrogen-bond acceptors (Lipinski definition) is 3. The molecule has 0 radical (unpaired) electrons. The van der Waals surface area contributed by atoms with Crippen LogP contribution in [-0.2, 0) is 17.5 Å². The molecule has 0 bridgehead atoms. The summed E-state index contributed by atoms with van der Waals surface area (Å²) in [7, 11) is 0. The topological polar surface area (TPSA) is 84.0 Å². The molecule has 3 aromatic rings. The average Bonchev–Trinajstić information content (AvgIpc) is 2.72. The lowest BCUT2D eigenvalue weighted by atomic mass is 9.95. The number of halogens is 3. The summed E-state index contributed by atoms with van der Waals surface area (Å²) in [6.45, 7) is 3.84. The Morgan fingerprint density at radius 2 is 1.81 bits per heavy atom. The Morgan fingerprint density at radius 3 is 2.50 bits per heavy atom. The van der Waals surface area contributed by atoms with Crippen LogP contribution in [-0.4, -0.2) is 15.5 Å². The number of fused-ring (bicyclic) bond motifs is 1. The van der Waals surface area contributed by atoms with Gasteiger partial charge in [-0.25, -0.2) is 4.79 Å². The van der Waals surface area contributed by atoms with Crippen LogP contribution < -0.4 is 16.6 Å². The van der Waals surface area contributed by atoms with Crippen molar-refractivity contribution in [3.05, 3.63) is 80.5 Å². The molecule has 1 aromatic heterocycles. The van der Waals surface area contributed by atoms with Crippen LogP contribution in [0.25, 0.3) is 10.9 Å². The van der Waals surface area contributed by atoms with Crippen molar-refractivity contribution in [3.63, 3.8) is 0 Å². The van der Waals surface area contributed by atoms with Crippen molar-refractivity contribution in [2.45, 2.75) is 45.5 Å². The monoisotopic (exact) mass is 447 g/mol. The lowest BCUT2D eigenvalue weighted by Gasteiger charge is -2.22. The van der Waals surface area contributed by atoms with Crippen LogP contribution in [0.4, 0.5) is 13.2 Å². The first-order valence-corrected chi connectivity index (χ1v) is 10.2. The molecule has 0 saturated carbocycles. The number of hydrogen-bond donors (Lipinski definition) is 2. The Labute approximate surface area is 182 Å². The van der Waals surface area contributed by atoms with E-state index in [1.165, 1.54) is 10.6 Å². The highest BCUT2D eigenvalue weighted by atomic mass is 19.4. The van der Waals surface area contributed by atoms with Gasteiger partial charge in [-0.2, -0.15) is 13.2 Å². The molecular formula is C23H24F3N3O3. The lowest BCUT2D eigenvalue weighted by molar-refractivity contribution is -0.137. The van der Waals surface area contributed by atoms with Gasteiger partial charge in [0.1, 0.15) is 0 Å². The van der Waals surface area contributed by atoms with Gasteiger partial charge in [0.2, 0.25) is 5.91 Å². The Morgan fingerprint density at radius 1 is 1.09 bits per heavy atom. The summed E-state index contributed by atoms with van der Waals surface area (Å²) < 4.78 is 40.6. The van der Waals surface area contributed by atoms with Gasteiger partial charge in [0, 0.05) is 13.0 Å². The molecule has 9 heteroatoms. The summed E-state index contributed by atoms with van der Waals surface area (Å²) in [5.74, 6) is -0.282. The first-order valence-electron chi connectivity index (χ1n) is 10.2. The van der Waals surface area contributed by atoms with Gasteiger partial charge < -0.3 is 5.32 Å². The van der Waals surface area contributed by atoms with Crippen molar-refractivity contribution < 1.29 is 18.0 Å². The van der Waals surface area contributed by atoms with Gasteiger partial charge >= 0.3 is 11.9 Å². The van der Waals surface area contributed by atoms with Gasteiger partial charge in [0.05, 0.1) is 22.5 Å². The van der Waals surface area contributed by atoms with Crippen molar-refractivity contribution in [2.24, 2.45) is 5.92 Å². The zero-order chi connectivity index (χ0) is 23.5. The molecule has 6 nitrogen and oxygen atoms in total. The fourth-order valence-corrected chi connectivity index (χ4v) is 3.63. The van der Waals surface area contributed by atoms with Gasteiger partial charge in [0.15, 0.2) is 0 Å². The second-order valence-electron chi connectivity index (χ2n) is 8.05. The number of benzene rings is 2. The molecule has 3 rings (SSSR count). The molecule has 1 heterocycles. The summed E-state index contributed by atoms with van der Waals surface area (Å²) >= 11 is 0. The number of amides is 1. The minimum atomic E-state index is -4.48. The third-order valence-electron chi connectivity index (χ3n) is 5.13. The second-order valence-corrected chi connectivity index (χ2v) is 8.05. The van der Waals surface area contributed by atoms with Gasteiger partial charge in [0.25, 0.3) is 5.56 Å². The Bertz CT molecular complexity index is 1230. The van der Waals surface area contributed by atoms with Crippen LogP contribution >= 0.6 is 0 Å². The van der Waals surface area contributed by atoms with Crippen molar-refractivity contribution >= 4 is 16.8 Å². The third-order valence-corrected chi connectivity index (χ3v) is 5.13. The number of aromatic amines is 1. The highest BCUT2D eigenvalue weighted by Gasteiger charge is 2.31. The van der Waals surface area contributed by atoms with E-state index in [0.717, 1.165) is 12.1 Å². The summed E-state index contributed by atoms with van der Waals surface area (Å²) in [5, 5.41) is 3.13.